The third kappa shape index (κ3) is 4.22. The van der Waals surface area contributed by atoms with Crippen LogP contribution >= 0.6 is 0 Å². The first-order valence-electron chi connectivity index (χ1n) is 8.71. The Morgan fingerprint density at radius 3 is 2.70 bits per heavy atom. The van der Waals surface area contributed by atoms with Crippen molar-refractivity contribution < 1.29 is 27.4 Å². The smallest absolute Gasteiger partial charge is 0.433 e. The third-order valence-electron chi connectivity index (χ3n) is 4.13. The van der Waals surface area contributed by atoms with Crippen LogP contribution in [0.3, 0.4) is 0 Å². The summed E-state index contributed by atoms with van der Waals surface area (Å²) >= 11 is 0. The maximum Gasteiger partial charge on any atom is 0.433 e. The predicted octanol–water partition coefficient (Wildman–Crippen LogP) is 2.50. The quantitative estimate of drug-likeness (QED) is 0.676. The van der Waals surface area contributed by atoms with E-state index < -0.39 is 23.4 Å². The van der Waals surface area contributed by atoms with Crippen LogP contribution < -0.4 is 10.1 Å². The Balaban J connectivity index is 1.63. The molecule has 1 amide bonds. The van der Waals surface area contributed by atoms with Crippen molar-refractivity contribution in [2.75, 3.05) is 18.5 Å². The van der Waals surface area contributed by atoms with E-state index in [4.69, 9.17) is 9.47 Å². The second-order valence-corrected chi connectivity index (χ2v) is 6.79. The van der Waals surface area contributed by atoms with Crippen molar-refractivity contribution in [3.8, 4) is 11.8 Å². The second-order valence-electron chi connectivity index (χ2n) is 6.79. The fraction of sp³-hybridized carbons (Fsp3) is 0.278. The van der Waals surface area contributed by atoms with Crippen LogP contribution in [-0.4, -0.2) is 49.2 Å². The van der Waals surface area contributed by atoms with Crippen molar-refractivity contribution in [1.29, 1.82) is 0 Å². The van der Waals surface area contributed by atoms with Crippen LogP contribution in [0.5, 0.6) is 5.88 Å². The molecule has 0 aromatic carbocycles. The Bertz CT molecular complexity index is 1070. The number of nitrogens with one attached hydrogen (secondary N) is 1. The average Bonchev–Trinajstić information content (AvgIpc) is 3.21. The number of rotatable bonds is 5. The molecule has 3 aromatic rings. The third-order valence-corrected chi connectivity index (χ3v) is 4.13. The normalized spacial score (nSPS) is 15.3. The summed E-state index contributed by atoms with van der Waals surface area (Å²) in [7, 11) is 0. The number of pyridine rings is 1. The van der Waals surface area contributed by atoms with Gasteiger partial charge in [0.05, 0.1) is 13.2 Å². The lowest BCUT2D eigenvalue weighted by Crippen LogP contribution is -2.51. The van der Waals surface area contributed by atoms with Crippen LogP contribution in [0.4, 0.5) is 18.9 Å². The van der Waals surface area contributed by atoms with Crippen molar-refractivity contribution >= 4 is 11.6 Å². The topological polar surface area (TPSA) is 104 Å². The minimum Gasteiger partial charge on any atom is -0.466 e. The van der Waals surface area contributed by atoms with E-state index in [0.29, 0.717) is 13.2 Å². The van der Waals surface area contributed by atoms with Gasteiger partial charge in [0.2, 0.25) is 11.8 Å². The fourth-order valence-corrected chi connectivity index (χ4v) is 2.63. The van der Waals surface area contributed by atoms with Crippen molar-refractivity contribution in [3.63, 3.8) is 0 Å². The van der Waals surface area contributed by atoms with Gasteiger partial charge < -0.3 is 14.8 Å². The molecule has 0 unspecified atom stereocenters. The van der Waals surface area contributed by atoms with Crippen LogP contribution in [0.2, 0.25) is 0 Å². The lowest BCUT2D eigenvalue weighted by Gasteiger charge is -2.37. The number of carbonyl (C=O) groups is 1. The number of hydrogen-bond donors (Lipinski definition) is 1. The van der Waals surface area contributed by atoms with Crippen molar-refractivity contribution in [1.82, 2.24) is 24.5 Å². The van der Waals surface area contributed by atoms with Gasteiger partial charge in [0.1, 0.15) is 17.7 Å². The average molecular weight is 420 g/mol. The molecule has 0 bridgehead atoms. The van der Waals surface area contributed by atoms with E-state index in [9.17, 15) is 18.0 Å². The number of aromatic nitrogens is 5. The molecule has 30 heavy (non-hydrogen) atoms. The number of carbonyl (C=O) groups excluding carboxylic acids is 1. The second kappa shape index (κ2) is 7.37. The molecule has 4 rings (SSSR count). The van der Waals surface area contributed by atoms with Crippen LogP contribution in [0, 0.1) is 0 Å². The summed E-state index contributed by atoms with van der Waals surface area (Å²) in [5.74, 6) is -0.502. The van der Waals surface area contributed by atoms with Crippen LogP contribution in [0.1, 0.15) is 23.1 Å². The van der Waals surface area contributed by atoms with Gasteiger partial charge in [0.25, 0.3) is 5.91 Å². The molecule has 1 N–H and O–H groups in total. The zero-order chi connectivity index (χ0) is 21.4. The highest BCUT2D eigenvalue weighted by molar-refractivity contribution is 6.03. The zero-order valence-electron chi connectivity index (χ0n) is 15.6. The molecule has 156 valence electrons. The molecule has 1 aliphatic heterocycles. The van der Waals surface area contributed by atoms with Gasteiger partial charge in [-0.2, -0.15) is 18.2 Å². The van der Waals surface area contributed by atoms with E-state index in [0.717, 1.165) is 12.3 Å². The number of ether oxygens (including phenoxy) is 2. The van der Waals surface area contributed by atoms with Gasteiger partial charge in [0, 0.05) is 30.3 Å². The van der Waals surface area contributed by atoms with Gasteiger partial charge in [-0.1, -0.05) is 0 Å². The zero-order valence-corrected chi connectivity index (χ0v) is 15.6. The summed E-state index contributed by atoms with van der Waals surface area (Å²) in [5, 5.41) is 2.39. The van der Waals surface area contributed by atoms with Gasteiger partial charge in [0.15, 0.2) is 5.60 Å². The molecule has 0 saturated carbocycles. The molecule has 1 aliphatic rings. The molecule has 3 aromatic heterocycles. The number of anilines is 1. The minimum atomic E-state index is -4.63. The van der Waals surface area contributed by atoms with Crippen molar-refractivity contribution in [2.45, 2.75) is 18.7 Å². The van der Waals surface area contributed by atoms with Gasteiger partial charge in [-0.15, -0.1) is 0 Å². The van der Waals surface area contributed by atoms with Crippen LogP contribution in [0.15, 0.2) is 43.1 Å². The van der Waals surface area contributed by atoms with E-state index >= 15 is 0 Å². The Hall–Kier alpha value is -3.54. The molecule has 4 heterocycles. The monoisotopic (exact) mass is 420 g/mol. The highest BCUT2D eigenvalue weighted by atomic mass is 19.4. The highest BCUT2D eigenvalue weighted by Gasteiger charge is 2.36. The molecule has 1 fully saturated rings. The van der Waals surface area contributed by atoms with E-state index in [1.165, 1.54) is 29.2 Å². The number of imidazole rings is 1. The number of amides is 1. The van der Waals surface area contributed by atoms with Gasteiger partial charge >= 0.3 is 6.18 Å². The summed E-state index contributed by atoms with van der Waals surface area (Å²) in [6.45, 7) is 2.54. The number of alkyl halides is 3. The van der Waals surface area contributed by atoms with Crippen molar-refractivity contribution in [3.05, 3.63) is 54.5 Å². The summed E-state index contributed by atoms with van der Waals surface area (Å²) in [4.78, 5) is 28.3. The number of hydrogen-bond acceptors (Lipinski definition) is 7. The molecule has 0 radical (unpaired) electrons. The van der Waals surface area contributed by atoms with Crippen molar-refractivity contribution in [2.24, 2.45) is 0 Å². The Morgan fingerprint density at radius 2 is 2.07 bits per heavy atom. The molecule has 1 saturated heterocycles. The molecular formula is C18H15F3N6O3. The van der Waals surface area contributed by atoms with E-state index in [2.05, 4.69) is 25.3 Å². The standard InChI is InChI=1S/C18H15F3N6O3/c1-17(8-29-9-17)30-14-7-12(25-16(26-14)27-5-4-22-10-27)15(28)24-11-2-3-23-13(6-11)18(19,20)21/h2-7,10H,8-9H2,1H3,(H,23,24,28). The lowest BCUT2D eigenvalue weighted by atomic mass is 10.1. The first-order valence-corrected chi connectivity index (χ1v) is 8.71. The first-order chi connectivity index (χ1) is 14.2. The van der Waals surface area contributed by atoms with E-state index in [1.54, 1.807) is 6.20 Å². The van der Waals surface area contributed by atoms with Gasteiger partial charge in [-0.25, -0.2) is 9.97 Å². The predicted molar refractivity (Wildman–Crippen MR) is 96.2 cm³/mol. The van der Waals surface area contributed by atoms with E-state index in [-0.39, 0.29) is 23.2 Å². The summed E-state index contributed by atoms with van der Waals surface area (Å²) in [6, 6.07) is 3.29. The lowest BCUT2D eigenvalue weighted by molar-refractivity contribution is -0.151. The van der Waals surface area contributed by atoms with E-state index in [1.807, 2.05) is 6.92 Å². The minimum absolute atomic E-state index is 0.0769. The largest absolute Gasteiger partial charge is 0.466 e. The maximum absolute atomic E-state index is 12.9. The molecular weight excluding hydrogens is 405 g/mol. The summed E-state index contributed by atoms with van der Waals surface area (Å²) < 4.78 is 51.0. The first kappa shape index (κ1) is 19.8. The Morgan fingerprint density at radius 1 is 1.27 bits per heavy atom. The fourth-order valence-electron chi connectivity index (χ4n) is 2.63. The highest BCUT2D eigenvalue weighted by Crippen LogP contribution is 2.29. The molecule has 0 spiro atoms. The molecule has 0 aliphatic carbocycles. The van der Waals surface area contributed by atoms with Gasteiger partial charge in [-0.05, 0) is 19.1 Å². The molecule has 12 heteroatoms. The molecule has 9 nitrogen and oxygen atoms in total. The van der Waals surface area contributed by atoms with Crippen LogP contribution in [-0.2, 0) is 10.9 Å². The Kier molecular flexibility index (Phi) is 4.86. The number of halogens is 3. The summed E-state index contributed by atoms with van der Waals surface area (Å²) in [6.07, 6.45) is 0.848. The molecule has 0 atom stereocenters. The van der Waals surface area contributed by atoms with Crippen LogP contribution in [0.25, 0.3) is 5.95 Å². The maximum atomic E-state index is 12.9. The van der Waals surface area contributed by atoms with Gasteiger partial charge in [-0.3, -0.25) is 14.3 Å². The summed E-state index contributed by atoms with van der Waals surface area (Å²) in [5.41, 5.74) is -1.89. The SMILES string of the molecule is CC1(Oc2cc(C(=O)Nc3ccnc(C(F)(F)F)c3)nc(-n3ccnc3)n2)COC1. The number of nitrogens with zero attached hydrogens (tertiary/aromatic N) is 5. The Labute approximate surface area is 167 Å².